The van der Waals surface area contributed by atoms with Crippen LogP contribution in [0.5, 0.6) is 0 Å². The molecule has 0 unspecified atom stereocenters. The maximum absolute atomic E-state index is 13.8. The van der Waals surface area contributed by atoms with Crippen molar-refractivity contribution in [3.8, 4) is 0 Å². The van der Waals surface area contributed by atoms with Crippen LogP contribution in [0, 0.1) is 0 Å². The molecule has 3 saturated heterocycles. The van der Waals surface area contributed by atoms with Gasteiger partial charge in [-0.1, -0.05) is 24.3 Å². The number of rotatable bonds is 6. The third-order valence-electron chi connectivity index (χ3n) is 11.7. The lowest BCUT2D eigenvalue weighted by Crippen LogP contribution is -2.42. The van der Waals surface area contributed by atoms with E-state index in [0.29, 0.717) is 26.2 Å². The first kappa shape index (κ1) is 48.0. The van der Waals surface area contributed by atoms with Crippen molar-refractivity contribution >= 4 is 11.8 Å². The summed E-state index contributed by atoms with van der Waals surface area (Å²) in [7, 11) is 0. The fourth-order valence-corrected chi connectivity index (χ4v) is 8.13. The van der Waals surface area contributed by atoms with Gasteiger partial charge in [-0.25, -0.2) is 0 Å². The minimum atomic E-state index is 0.0952. The van der Waals surface area contributed by atoms with Crippen LogP contribution in [0.3, 0.4) is 0 Å². The minimum Gasteiger partial charge on any atom is -0.337 e. The van der Waals surface area contributed by atoms with E-state index in [1.54, 1.807) is 0 Å². The molecule has 0 aliphatic carbocycles. The zero-order chi connectivity index (χ0) is 41.7. The van der Waals surface area contributed by atoms with E-state index in [2.05, 4.69) is 76.6 Å². The van der Waals surface area contributed by atoms with Gasteiger partial charge in [0.05, 0.1) is 0 Å². The number of nitrogens with zero attached hydrogens (tertiary/aromatic N) is 4. The lowest BCUT2D eigenvalue weighted by molar-refractivity contribution is 0.0736. The molecule has 2 aromatic carbocycles. The molecule has 5 rings (SSSR count). The van der Waals surface area contributed by atoms with Gasteiger partial charge >= 0.3 is 0 Å². The van der Waals surface area contributed by atoms with Crippen molar-refractivity contribution < 1.29 is 9.59 Å². The summed E-state index contributed by atoms with van der Waals surface area (Å²) < 4.78 is 0. The lowest BCUT2D eigenvalue weighted by Gasteiger charge is -2.26. The number of amides is 2. The number of hydrogen-bond acceptors (Lipinski definition) is 12. The summed E-state index contributed by atoms with van der Waals surface area (Å²) in [5, 5.41) is 28.4. The Morgan fingerprint density at radius 1 is 0.333 bits per heavy atom. The van der Waals surface area contributed by atoms with Crippen molar-refractivity contribution in [2.45, 2.75) is 51.6 Å². The summed E-state index contributed by atoms with van der Waals surface area (Å²) in [6, 6.07) is 16.6. The Hall–Kier alpha value is -3.02. The Balaban J connectivity index is 1.05. The van der Waals surface area contributed by atoms with Crippen molar-refractivity contribution in [1.82, 2.24) is 62.1 Å². The molecule has 3 aliphatic rings. The third kappa shape index (κ3) is 19.4. The van der Waals surface area contributed by atoms with E-state index in [0.717, 1.165) is 194 Å². The fourth-order valence-electron chi connectivity index (χ4n) is 8.13. The Bertz CT molecular complexity index is 1280. The third-order valence-corrected chi connectivity index (χ3v) is 11.7. The molecule has 0 radical (unpaired) electrons. The molecule has 0 aromatic heterocycles. The summed E-state index contributed by atoms with van der Waals surface area (Å²) in [4.78, 5) is 36.6. The van der Waals surface area contributed by atoms with Gasteiger partial charge in [0.1, 0.15) is 0 Å². The summed E-state index contributed by atoms with van der Waals surface area (Å²) >= 11 is 0. The summed E-state index contributed by atoms with van der Waals surface area (Å²) in [6.07, 6.45) is 6.24. The van der Waals surface area contributed by atoms with E-state index < -0.39 is 0 Å². The minimum absolute atomic E-state index is 0.0952. The molecule has 0 atom stereocenters. The van der Waals surface area contributed by atoms with Crippen molar-refractivity contribution in [3.05, 3.63) is 70.8 Å². The van der Waals surface area contributed by atoms with E-state index in [-0.39, 0.29) is 11.8 Å². The molecule has 336 valence electrons. The van der Waals surface area contributed by atoms with Crippen LogP contribution >= 0.6 is 0 Å². The molecule has 3 heterocycles. The average molecular weight is 833 g/mol. The predicted octanol–water partition coefficient (Wildman–Crippen LogP) is 0.973. The highest BCUT2D eigenvalue weighted by Crippen LogP contribution is 2.13. The molecule has 2 aromatic rings. The molecule has 3 fully saturated rings. The van der Waals surface area contributed by atoms with Crippen molar-refractivity contribution in [3.63, 3.8) is 0 Å². The predicted molar refractivity (Wildman–Crippen MR) is 246 cm³/mol. The quantitative estimate of drug-likeness (QED) is 0.211. The highest BCUT2D eigenvalue weighted by molar-refractivity contribution is 5.94. The first-order valence-corrected chi connectivity index (χ1v) is 23.5. The van der Waals surface area contributed by atoms with Gasteiger partial charge in [0.15, 0.2) is 0 Å². The summed E-state index contributed by atoms with van der Waals surface area (Å²) in [5.74, 6) is 0.190. The van der Waals surface area contributed by atoms with Gasteiger partial charge < -0.3 is 52.3 Å². The first-order chi connectivity index (χ1) is 29.7. The van der Waals surface area contributed by atoms with E-state index in [1.807, 2.05) is 34.1 Å². The van der Waals surface area contributed by atoms with Crippen molar-refractivity contribution in [2.24, 2.45) is 0 Å². The Kier molecular flexibility index (Phi) is 24.1. The molecule has 14 nitrogen and oxygen atoms in total. The van der Waals surface area contributed by atoms with Crippen LogP contribution in [0.15, 0.2) is 48.5 Å². The Morgan fingerprint density at radius 2 is 0.633 bits per heavy atom. The number of nitrogens with one attached hydrogen (secondary N) is 8. The van der Waals surface area contributed by atoms with Crippen molar-refractivity contribution in [2.75, 3.05) is 157 Å². The Morgan fingerprint density at radius 3 is 1.00 bits per heavy atom. The van der Waals surface area contributed by atoms with Crippen molar-refractivity contribution in [1.29, 1.82) is 0 Å². The van der Waals surface area contributed by atoms with Crippen LogP contribution in [0.4, 0.5) is 0 Å². The molecule has 0 bridgehead atoms. The molecule has 0 saturated carbocycles. The SMILES string of the molecule is O=C(c1ccc(CN2CCCNCCNCCCNCC2)cc1)N1CCCNCCN(C(=O)c2ccc(CN3CCCNCCNCCCNCC3)cc2)CCCNCC1. The Labute approximate surface area is 362 Å². The summed E-state index contributed by atoms with van der Waals surface area (Å²) in [6.45, 7) is 23.9. The monoisotopic (exact) mass is 833 g/mol. The zero-order valence-electron chi connectivity index (χ0n) is 36.9. The van der Waals surface area contributed by atoms with Gasteiger partial charge in [-0.3, -0.25) is 19.4 Å². The average Bonchev–Trinajstić information content (AvgIpc) is 3.27. The number of carbonyl (C=O) groups is 2. The smallest absolute Gasteiger partial charge is 0.253 e. The van der Waals surface area contributed by atoms with Crippen LogP contribution < -0.4 is 42.5 Å². The molecule has 14 heteroatoms. The number of benzene rings is 2. The molecule has 0 spiro atoms. The van der Waals surface area contributed by atoms with Crippen LogP contribution in [0.1, 0.15) is 70.4 Å². The number of carbonyl (C=O) groups excluding carboxylic acids is 2. The van der Waals surface area contributed by atoms with E-state index >= 15 is 0 Å². The molecule has 3 aliphatic heterocycles. The zero-order valence-corrected chi connectivity index (χ0v) is 36.9. The van der Waals surface area contributed by atoms with Crippen LogP contribution in [0.2, 0.25) is 0 Å². The van der Waals surface area contributed by atoms with Gasteiger partial charge in [0.25, 0.3) is 11.8 Å². The standard InChI is InChI=1S/C46H80N12O2/c59-45(43-11-7-41(8-12-43)39-55-31-3-19-49-25-23-47-15-1-17-51-27-35-55)57-33-5-21-54-30-38-58(34-6-22-53-29-37-57)46(60)44-13-9-42(10-14-44)40-56-32-4-20-50-26-24-48-16-2-18-52-28-36-56/h7-14,47-54H,1-6,15-40H2. The largest absolute Gasteiger partial charge is 0.337 e. The van der Waals surface area contributed by atoms with Gasteiger partial charge in [-0.05, 0) is 139 Å². The molecular weight excluding hydrogens is 753 g/mol. The summed E-state index contributed by atoms with van der Waals surface area (Å²) in [5.41, 5.74) is 4.00. The fraction of sp³-hybridized carbons (Fsp3) is 0.696. The normalized spacial score (nSPS) is 21.5. The topological polar surface area (TPSA) is 143 Å². The van der Waals surface area contributed by atoms with E-state index in [9.17, 15) is 9.59 Å². The highest BCUT2D eigenvalue weighted by Gasteiger charge is 2.19. The van der Waals surface area contributed by atoms with Crippen LogP contribution in [-0.2, 0) is 13.1 Å². The van der Waals surface area contributed by atoms with Gasteiger partial charge in [0.2, 0.25) is 0 Å². The van der Waals surface area contributed by atoms with Gasteiger partial charge in [-0.2, -0.15) is 0 Å². The van der Waals surface area contributed by atoms with E-state index in [4.69, 9.17) is 0 Å². The second-order valence-electron chi connectivity index (χ2n) is 16.7. The lowest BCUT2D eigenvalue weighted by atomic mass is 10.1. The first-order valence-electron chi connectivity index (χ1n) is 23.5. The van der Waals surface area contributed by atoms with E-state index in [1.165, 1.54) is 11.1 Å². The molecule has 2 amide bonds. The van der Waals surface area contributed by atoms with Crippen LogP contribution in [-0.4, -0.2) is 188 Å². The molecular formula is C46H80N12O2. The maximum atomic E-state index is 13.8. The number of hydrogen-bond donors (Lipinski definition) is 8. The van der Waals surface area contributed by atoms with Gasteiger partial charge in [0, 0.05) is 116 Å². The maximum Gasteiger partial charge on any atom is 0.253 e. The molecule has 60 heavy (non-hydrogen) atoms. The molecule has 8 N–H and O–H groups in total. The van der Waals surface area contributed by atoms with Crippen LogP contribution in [0.25, 0.3) is 0 Å². The van der Waals surface area contributed by atoms with Gasteiger partial charge in [-0.15, -0.1) is 0 Å². The second kappa shape index (κ2) is 30.1. The highest BCUT2D eigenvalue weighted by atomic mass is 16.2. The second-order valence-corrected chi connectivity index (χ2v) is 16.7.